The van der Waals surface area contributed by atoms with Crippen LogP contribution in [0.5, 0.6) is 0 Å². The summed E-state index contributed by atoms with van der Waals surface area (Å²) in [4.78, 5) is 1.19. The van der Waals surface area contributed by atoms with E-state index in [2.05, 4.69) is 17.5 Å². The molecule has 0 bridgehead atoms. The van der Waals surface area contributed by atoms with Crippen LogP contribution in [0.4, 0.5) is 11.4 Å². The molecular weight excluding hydrogens is 228 g/mol. The van der Waals surface area contributed by atoms with Crippen molar-refractivity contribution < 1.29 is 0 Å². The molecule has 17 heavy (non-hydrogen) atoms. The maximum atomic E-state index is 8.85. The fraction of sp³-hybridized carbons (Fsp3) is 0.0714. The van der Waals surface area contributed by atoms with E-state index < -0.39 is 0 Å². The molecule has 2 aromatic rings. The molecule has 0 saturated heterocycles. The van der Waals surface area contributed by atoms with Crippen LogP contribution in [0, 0.1) is 11.3 Å². The molecule has 0 aromatic heterocycles. The number of hydrogen-bond acceptors (Lipinski definition) is 3. The van der Waals surface area contributed by atoms with E-state index in [1.807, 2.05) is 42.7 Å². The van der Waals surface area contributed by atoms with Crippen molar-refractivity contribution in [1.29, 1.82) is 5.26 Å². The molecule has 0 heterocycles. The largest absolute Gasteiger partial charge is 0.355 e. The quantitative estimate of drug-likeness (QED) is 0.823. The lowest BCUT2D eigenvalue weighted by atomic mass is 10.2. The summed E-state index contributed by atoms with van der Waals surface area (Å²) >= 11 is 1.70. The van der Waals surface area contributed by atoms with Crippen molar-refractivity contribution in [2.45, 2.75) is 4.90 Å². The molecule has 84 valence electrons. The van der Waals surface area contributed by atoms with E-state index in [1.165, 1.54) is 4.90 Å². The number of nitrogens with one attached hydrogen (secondary N) is 1. The van der Waals surface area contributed by atoms with E-state index in [-0.39, 0.29) is 0 Å². The Kier molecular flexibility index (Phi) is 3.69. The van der Waals surface area contributed by atoms with Gasteiger partial charge in [0.15, 0.2) is 0 Å². The third kappa shape index (κ3) is 2.80. The first-order chi connectivity index (χ1) is 8.33. The zero-order chi connectivity index (χ0) is 12.1. The van der Waals surface area contributed by atoms with Crippen molar-refractivity contribution in [2.24, 2.45) is 0 Å². The molecule has 0 amide bonds. The lowest BCUT2D eigenvalue weighted by Gasteiger charge is -2.10. The number of nitrogens with zero attached hydrogens (tertiary/aromatic N) is 1. The number of nitriles is 1. The van der Waals surface area contributed by atoms with Gasteiger partial charge in [0.25, 0.3) is 0 Å². The first-order valence-electron chi connectivity index (χ1n) is 5.23. The van der Waals surface area contributed by atoms with E-state index in [9.17, 15) is 0 Å². The number of hydrogen-bond donors (Lipinski definition) is 1. The van der Waals surface area contributed by atoms with Gasteiger partial charge >= 0.3 is 0 Å². The summed E-state index contributed by atoms with van der Waals surface area (Å²) in [5.41, 5.74) is 2.66. The van der Waals surface area contributed by atoms with E-state index >= 15 is 0 Å². The van der Waals surface area contributed by atoms with Gasteiger partial charge in [-0.1, -0.05) is 18.2 Å². The molecule has 2 rings (SSSR count). The molecule has 1 N–H and O–H groups in total. The monoisotopic (exact) mass is 240 g/mol. The lowest BCUT2D eigenvalue weighted by Crippen LogP contribution is -1.92. The van der Waals surface area contributed by atoms with Crippen LogP contribution >= 0.6 is 11.8 Å². The van der Waals surface area contributed by atoms with Crippen LogP contribution in [-0.2, 0) is 0 Å². The minimum Gasteiger partial charge on any atom is -0.355 e. The van der Waals surface area contributed by atoms with Crippen molar-refractivity contribution in [2.75, 3.05) is 11.6 Å². The second-order valence-electron chi connectivity index (χ2n) is 3.52. The van der Waals surface area contributed by atoms with E-state index in [4.69, 9.17) is 5.26 Å². The summed E-state index contributed by atoms with van der Waals surface area (Å²) in [6.07, 6.45) is 2.05. The topological polar surface area (TPSA) is 35.8 Å². The molecule has 0 unspecified atom stereocenters. The Morgan fingerprint density at radius 2 is 1.94 bits per heavy atom. The molecule has 0 saturated carbocycles. The molecular formula is C14H12N2S. The van der Waals surface area contributed by atoms with E-state index in [0.29, 0.717) is 5.56 Å². The highest BCUT2D eigenvalue weighted by Crippen LogP contribution is 2.27. The van der Waals surface area contributed by atoms with Crippen LogP contribution in [0.3, 0.4) is 0 Å². The summed E-state index contributed by atoms with van der Waals surface area (Å²) < 4.78 is 0. The molecule has 0 aliphatic heterocycles. The Morgan fingerprint density at radius 3 is 2.71 bits per heavy atom. The second-order valence-corrected chi connectivity index (χ2v) is 4.37. The highest BCUT2D eigenvalue weighted by atomic mass is 32.2. The molecule has 2 nitrogen and oxygen atoms in total. The normalized spacial score (nSPS) is 9.65. The van der Waals surface area contributed by atoms with E-state index in [1.54, 1.807) is 17.8 Å². The van der Waals surface area contributed by atoms with Gasteiger partial charge in [-0.3, -0.25) is 0 Å². The molecule has 0 spiro atoms. The Labute approximate surface area is 105 Å². The third-order valence-electron chi connectivity index (χ3n) is 2.38. The molecule has 3 heteroatoms. The first kappa shape index (κ1) is 11.6. The SMILES string of the molecule is CSc1ccccc1Nc1cccc(C#N)c1. The Morgan fingerprint density at radius 1 is 1.12 bits per heavy atom. The van der Waals surface area contributed by atoms with Gasteiger partial charge in [0, 0.05) is 10.6 Å². The fourth-order valence-electron chi connectivity index (χ4n) is 1.57. The highest BCUT2D eigenvalue weighted by Gasteiger charge is 2.01. The summed E-state index contributed by atoms with van der Waals surface area (Å²) in [5, 5.41) is 12.2. The zero-order valence-corrected chi connectivity index (χ0v) is 10.3. The number of para-hydroxylation sites is 1. The fourth-order valence-corrected chi connectivity index (χ4v) is 2.12. The van der Waals surface area contributed by atoms with Crippen molar-refractivity contribution in [3.63, 3.8) is 0 Å². The minimum absolute atomic E-state index is 0.664. The summed E-state index contributed by atoms with van der Waals surface area (Å²) in [5.74, 6) is 0. The van der Waals surface area contributed by atoms with Crippen LogP contribution < -0.4 is 5.32 Å². The van der Waals surface area contributed by atoms with Gasteiger partial charge in [-0.15, -0.1) is 11.8 Å². The lowest BCUT2D eigenvalue weighted by molar-refractivity contribution is 1.41. The van der Waals surface area contributed by atoms with Crippen molar-refractivity contribution >= 4 is 23.1 Å². The predicted octanol–water partition coefficient (Wildman–Crippen LogP) is 4.02. The zero-order valence-electron chi connectivity index (χ0n) is 9.47. The standard InChI is InChI=1S/C14H12N2S/c1-17-14-8-3-2-7-13(14)16-12-6-4-5-11(9-12)10-15/h2-9,16H,1H3. The molecule has 0 radical (unpaired) electrons. The Hall–Kier alpha value is -1.92. The van der Waals surface area contributed by atoms with Crippen LogP contribution in [0.1, 0.15) is 5.56 Å². The number of thioether (sulfide) groups is 1. The average Bonchev–Trinajstić information content (AvgIpc) is 2.39. The number of benzene rings is 2. The summed E-state index contributed by atoms with van der Waals surface area (Å²) in [7, 11) is 0. The molecule has 0 atom stereocenters. The first-order valence-corrected chi connectivity index (χ1v) is 6.46. The smallest absolute Gasteiger partial charge is 0.0992 e. The predicted molar refractivity (Wildman–Crippen MR) is 72.7 cm³/mol. The average molecular weight is 240 g/mol. The van der Waals surface area contributed by atoms with Crippen molar-refractivity contribution in [3.8, 4) is 6.07 Å². The minimum atomic E-state index is 0.664. The highest BCUT2D eigenvalue weighted by molar-refractivity contribution is 7.98. The van der Waals surface area contributed by atoms with Crippen LogP contribution in [-0.4, -0.2) is 6.26 Å². The van der Waals surface area contributed by atoms with Crippen LogP contribution in [0.2, 0.25) is 0 Å². The number of anilines is 2. The van der Waals surface area contributed by atoms with Crippen LogP contribution in [0.25, 0.3) is 0 Å². The van der Waals surface area contributed by atoms with Gasteiger partial charge in [-0.05, 0) is 36.6 Å². The van der Waals surface area contributed by atoms with E-state index in [0.717, 1.165) is 11.4 Å². The van der Waals surface area contributed by atoms with Crippen molar-refractivity contribution in [1.82, 2.24) is 0 Å². The molecule has 2 aromatic carbocycles. The third-order valence-corrected chi connectivity index (χ3v) is 3.17. The Balaban J connectivity index is 2.28. The van der Waals surface area contributed by atoms with Gasteiger partial charge in [-0.25, -0.2) is 0 Å². The van der Waals surface area contributed by atoms with Gasteiger partial charge in [0.2, 0.25) is 0 Å². The van der Waals surface area contributed by atoms with Crippen LogP contribution in [0.15, 0.2) is 53.4 Å². The molecule has 0 fully saturated rings. The van der Waals surface area contributed by atoms with Gasteiger partial charge in [0.05, 0.1) is 17.3 Å². The van der Waals surface area contributed by atoms with Gasteiger partial charge in [-0.2, -0.15) is 5.26 Å². The summed E-state index contributed by atoms with van der Waals surface area (Å²) in [6.45, 7) is 0. The maximum Gasteiger partial charge on any atom is 0.0992 e. The van der Waals surface area contributed by atoms with Gasteiger partial charge < -0.3 is 5.32 Å². The summed E-state index contributed by atoms with van der Waals surface area (Å²) in [6, 6.07) is 17.7. The van der Waals surface area contributed by atoms with Gasteiger partial charge in [0.1, 0.15) is 0 Å². The maximum absolute atomic E-state index is 8.85. The molecule has 0 aliphatic rings. The Bertz CT molecular complexity index is 558. The molecule has 0 aliphatic carbocycles. The van der Waals surface area contributed by atoms with Crippen molar-refractivity contribution in [3.05, 3.63) is 54.1 Å². The second kappa shape index (κ2) is 5.42. The number of rotatable bonds is 3.